The third-order valence-corrected chi connectivity index (χ3v) is 4.31. The first-order valence-electron chi connectivity index (χ1n) is 6.92. The summed E-state index contributed by atoms with van der Waals surface area (Å²) >= 11 is 11.9. The van der Waals surface area contributed by atoms with Crippen molar-refractivity contribution >= 4 is 34.8 Å². The molecule has 6 heteroatoms. The Kier molecular flexibility index (Phi) is 6.32. The van der Waals surface area contributed by atoms with Gasteiger partial charge in [0, 0.05) is 10.0 Å². The summed E-state index contributed by atoms with van der Waals surface area (Å²) in [4.78, 5) is 5.78. The van der Waals surface area contributed by atoms with Crippen LogP contribution in [-0.4, -0.2) is 16.4 Å². The van der Waals surface area contributed by atoms with E-state index in [9.17, 15) is 5.26 Å². The van der Waals surface area contributed by atoms with Gasteiger partial charge in [0.15, 0.2) is 6.19 Å². The molecule has 0 aliphatic rings. The van der Waals surface area contributed by atoms with Crippen molar-refractivity contribution in [2.45, 2.75) is 45.6 Å². The van der Waals surface area contributed by atoms with E-state index in [1.807, 2.05) is 20.8 Å². The molecule has 21 heavy (non-hydrogen) atoms. The molecule has 1 rings (SSSR count). The number of benzene rings is 1. The minimum absolute atomic E-state index is 0.154. The number of aliphatic imine (C=N–C) groups is 1. The van der Waals surface area contributed by atoms with Crippen molar-refractivity contribution in [3.63, 3.8) is 0 Å². The molecule has 4 nitrogen and oxygen atoms in total. The molecule has 0 saturated carbocycles. The zero-order chi connectivity index (χ0) is 16.0. The molecule has 0 spiro atoms. The van der Waals surface area contributed by atoms with Gasteiger partial charge in [-0.3, -0.25) is 0 Å². The molecule has 0 aliphatic carbocycles. The van der Waals surface area contributed by atoms with Gasteiger partial charge in [-0.1, -0.05) is 44.0 Å². The van der Waals surface area contributed by atoms with Crippen LogP contribution in [0.4, 0.5) is 5.69 Å². The second kappa shape index (κ2) is 7.53. The molecule has 0 heterocycles. The fraction of sp³-hybridized carbons (Fsp3) is 0.467. The van der Waals surface area contributed by atoms with Gasteiger partial charge in [0.25, 0.3) is 0 Å². The molecule has 114 valence electrons. The van der Waals surface area contributed by atoms with E-state index in [-0.39, 0.29) is 11.5 Å². The minimum atomic E-state index is -0.315. The number of halogens is 2. The summed E-state index contributed by atoms with van der Waals surface area (Å²) in [7, 11) is 0. The molecule has 1 aromatic rings. The molecular weight excluding hydrogens is 307 g/mol. The van der Waals surface area contributed by atoms with Crippen LogP contribution in [0.2, 0.25) is 10.0 Å². The Morgan fingerprint density at radius 2 is 1.67 bits per heavy atom. The van der Waals surface area contributed by atoms with Crippen LogP contribution in [0.15, 0.2) is 23.2 Å². The van der Waals surface area contributed by atoms with Gasteiger partial charge >= 0.3 is 0 Å². The predicted octanol–water partition coefficient (Wildman–Crippen LogP) is 4.69. The predicted molar refractivity (Wildman–Crippen MR) is 88.8 cm³/mol. The monoisotopic (exact) mass is 326 g/mol. The molecule has 0 aliphatic heterocycles. The quantitative estimate of drug-likeness (QED) is 0.369. The lowest BCUT2D eigenvalue weighted by atomic mass is 9.88. The third kappa shape index (κ3) is 4.03. The van der Waals surface area contributed by atoms with E-state index in [1.54, 1.807) is 18.2 Å². The summed E-state index contributed by atoms with van der Waals surface area (Å²) in [5.41, 5.74) is 6.26. The smallest absolute Gasteiger partial charge is 0.210 e. The Morgan fingerprint density at radius 1 is 1.19 bits per heavy atom. The topological polar surface area (TPSA) is 65.4 Å². The van der Waals surface area contributed by atoms with Crippen molar-refractivity contribution in [1.29, 1.82) is 5.26 Å². The van der Waals surface area contributed by atoms with E-state index in [1.165, 1.54) is 4.90 Å². The molecular formula is C15H20Cl2N4. The van der Waals surface area contributed by atoms with Crippen molar-refractivity contribution in [1.82, 2.24) is 4.90 Å². The lowest BCUT2D eigenvalue weighted by Gasteiger charge is -2.38. The fourth-order valence-corrected chi connectivity index (χ4v) is 2.93. The maximum absolute atomic E-state index is 9.48. The highest BCUT2D eigenvalue weighted by Crippen LogP contribution is 2.29. The number of guanidine groups is 1. The SMILES string of the molecule is CCC(CC)(CC)N(C#N)C(N)=Nc1cc(Cl)cc(Cl)c1. The van der Waals surface area contributed by atoms with Crippen LogP contribution in [0, 0.1) is 11.5 Å². The Morgan fingerprint density at radius 3 is 2.05 bits per heavy atom. The third-order valence-electron chi connectivity index (χ3n) is 3.87. The van der Waals surface area contributed by atoms with Crippen LogP contribution in [-0.2, 0) is 0 Å². The zero-order valence-electron chi connectivity index (χ0n) is 12.5. The second-order valence-corrected chi connectivity index (χ2v) is 5.69. The number of hydrogen-bond acceptors (Lipinski definition) is 2. The van der Waals surface area contributed by atoms with Gasteiger partial charge < -0.3 is 5.73 Å². The largest absolute Gasteiger partial charge is 0.369 e. The van der Waals surface area contributed by atoms with E-state index in [0.29, 0.717) is 15.7 Å². The number of nitriles is 1. The van der Waals surface area contributed by atoms with Crippen LogP contribution in [0.5, 0.6) is 0 Å². The standard InChI is InChI=1S/C15H20Cl2N4/c1-4-15(5-2,6-3)21(10-18)14(19)20-13-8-11(16)7-12(17)9-13/h7-9H,4-6H2,1-3H3,(H2,19,20). The highest BCUT2D eigenvalue weighted by atomic mass is 35.5. The van der Waals surface area contributed by atoms with E-state index in [4.69, 9.17) is 28.9 Å². The summed E-state index contributed by atoms with van der Waals surface area (Å²) in [6.45, 7) is 6.13. The summed E-state index contributed by atoms with van der Waals surface area (Å²) in [5, 5.41) is 10.4. The van der Waals surface area contributed by atoms with Gasteiger partial charge in [-0.25, -0.2) is 9.89 Å². The maximum atomic E-state index is 9.48. The van der Waals surface area contributed by atoms with Gasteiger partial charge in [-0.05, 0) is 37.5 Å². The molecule has 0 radical (unpaired) electrons. The van der Waals surface area contributed by atoms with Crippen molar-refractivity contribution in [2.24, 2.45) is 10.7 Å². The van der Waals surface area contributed by atoms with E-state index < -0.39 is 0 Å². The molecule has 0 amide bonds. The Bertz CT molecular complexity index is 531. The van der Waals surface area contributed by atoms with E-state index >= 15 is 0 Å². The van der Waals surface area contributed by atoms with E-state index in [2.05, 4.69) is 11.2 Å². The van der Waals surface area contributed by atoms with Crippen LogP contribution in [0.1, 0.15) is 40.0 Å². The van der Waals surface area contributed by atoms with Crippen LogP contribution in [0.25, 0.3) is 0 Å². The summed E-state index contributed by atoms with van der Waals surface area (Å²) in [5.74, 6) is 0.154. The molecule has 0 atom stereocenters. The van der Waals surface area contributed by atoms with Gasteiger partial charge in [0.2, 0.25) is 5.96 Å². The number of nitrogens with zero attached hydrogens (tertiary/aromatic N) is 3. The molecule has 0 unspecified atom stereocenters. The van der Waals surface area contributed by atoms with Gasteiger partial charge in [-0.2, -0.15) is 5.26 Å². The minimum Gasteiger partial charge on any atom is -0.369 e. The van der Waals surface area contributed by atoms with Gasteiger partial charge in [-0.15, -0.1) is 0 Å². The van der Waals surface area contributed by atoms with Gasteiger partial charge in [0.05, 0.1) is 11.2 Å². The van der Waals surface area contributed by atoms with Crippen molar-refractivity contribution in [3.05, 3.63) is 28.2 Å². The summed E-state index contributed by atoms with van der Waals surface area (Å²) in [6.07, 6.45) is 4.57. The number of rotatable bonds is 5. The first kappa shape index (κ1) is 17.6. The molecule has 0 aromatic heterocycles. The van der Waals surface area contributed by atoms with E-state index in [0.717, 1.165) is 19.3 Å². The average Bonchev–Trinajstić information content (AvgIpc) is 2.43. The highest BCUT2D eigenvalue weighted by Gasteiger charge is 2.33. The average molecular weight is 327 g/mol. The first-order valence-corrected chi connectivity index (χ1v) is 7.68. The number of hydrogen-bond donors (Lipinski definition) is 1. The molecule has 1 aromatic carbocycles. The molecule has 2 N–H and O–H groups in total. The molecule has 0 bridgehead atoms. The Balaban J connectivity index is 3.22. The molecule has 0 fully saturated rings. The van der Waals surface area contributed by atoms with Crippen molar-refractivity contribution in [3.8, 4) is 6.19 Å². The van der Waals surface area contributed by atoms with Crippen molar-refractivity contribution in [2.75, 3.05) is 0 Å². The summed E-state index contributed by atoms with van der Waals surface area (Å²) in [6, 6.07) is 4.93. The fourth-order valence-electron chi connectivity index (χ4n) is 2.41. The number of nitrogens with two attached hydrogens (primary N) is 1. The van der Waals surface area contributed by atoms with Crippen LogP contribution >= 0.6 is 23.2 Å². The first-order chi connectivity index (χ1) is 9.92. The lowest BCUT2D eigenvalue weighted by Crippen LogP contribution is -2.51. The molecule has 0 saturated heterocycles. The Labute approximate surface area is 136 Å². The zero-order valence-corrected chi connectivity index (χ0v) is 14.0. The summed E-state index contributed by atoms with van der Waals surface area (Å²) < 4.78 is 0. The lowest BCUT2D eigenvalue weighted by molar-refractivity contribution is 0.208. The normalized spacial score (nSPS) is 12.1. The Hall–Kier alpha value is -1.44. The van der Waals surface area contributed by atoms with Crippen LogP contribution < -0.4 is 5.73 Å². The maximum Gasteiger partial charge on any atom is 0.210 e. The van der Waals surface area contributed by atoms with Crippen LogP contribution in [0.3, 0.4) is 0 Å². The highest BCUT2D eigenvalue weighted by molar-refractivity contribution is 6.35. The van der Waals surface area contributed by atoms with Crippen molar-refractivity contribution < 1.29 is 0 Å². The second-order valence-electron chi connectivity index (χ2n) is 4.82. The van der Waals surface area contributed by atoms with Gasteiger partial charge in [0.1, 0.15) is 0 Å².